The smallest absolute Gasteiger partial charge is 0.408 e. The summed E-state index contributed by atoms with van der Waals surface area (Å²) in [5.41, 5.74) is 2.13. The lowest BCUT2D eigenvalue weighted by Crippen LogP contribution is -2.41. The van der Waals surface area contributed by atoms with E-state index < -0.39 is 11.0 Å². The summed E-state index contributed by atoms with van der Waals surface area (Å²) in [5.74, 6) is 0. The van der Waals surface area contributed by atoms with Gasteiger partial charge in [0, 0.05) is 29.0 Å². The SMILES string of the molecule is C[C@H](OC(=O)NC(C)(C)C)c1ccc(Nc2ccc([N+](=O)[O-])cc2)cc1. The van der Waals surface area contributed by atoms with Crippen LogP contribution >= 0.6 is 0 Å². The zero-order valence-electron chi connectivity index (χ0n) is 15.3. The summed E-state index contributed by atoms with van der Waals surface area (Å²) in [5, 5.41) is 16.6. The molecule has 1 amide bonds. The van der Waals surface area contributed by atoms with E-state index in [1.807, 2.05) is 45.0 Å². The number of nitrogens with zero attached hydrogens (tertiary/aromatic N) is 1. The van der Waals surface area contributed by atoms with Crippen molar-refractivity contribution in [3.63, 3.8) is 0 Å². The van der Waals surface area contributed by atoms with Crippen LogP contribution in [0.1, 0.15) is 39.4 Å². The van der Waals surface area contributed by atoms with E-state index in [1.165, 1.54) is 12.1 Å². The fourth-order valence-corrected chi connectivity index (χ4v) is 2.23. The van der Waals surface area contributed by atoms with Gasteiger partial charge in [-0.2, -0.15) is 0 Å². The number of rotatable bonds is 5. The van der Waals surface area contributed by atoms with Crippen LogP contribution in [0.2, 0.25) is 0 Å². The number of benzene rings is 2. The van der Waals surface area contributed by atoms with Crippen molar-refractivity contribution < 1.29 is 14.5 Å². The second-order valence-electron chi connectivity index (χ2n) is 6.97. The first kappa shape index (κ1) is 19.2. The van der Waals surface area contributed by atoms with Crippen molar-refractivity contribution in [1.82, 2.24) is 5.32 Å². The van der Waals surface area contributed by atoms with Gasteiger partial charge in [0.1, 0.15) is 6.10 Å². The number of hydrogen-bond acceptors (Lipinski definition) is 5. The molecule has 0 aromatic heterocycles. The number of carbonyl (C=O) groups is 1. The number of hydrogen-bond donors (Lipinski definition) is 2. The first-order valence-corrected chi connectivity index (χ1v) is 8.24. The Morgan fingerprint density at radius 3 is 2.00 bits per heavy atom. The van der Waals surface area contributed by atoms with Gasteiger partial charge in [-0.25, -0.2) is 4.79 Å². The lowest BCUT2D eigenvalue weighted by atomic mass is 10.1. The Labute approximate surface area is 152 Å². The minimum atomic E-state index is -0.460. The highest BCUT2D eigenvalue weighted by atomic mass is 16.6. The van der Waals surface area contributed by atoms with Crippen LogP contribution < -0.4 is 10.6 Å². The van der Waals surface area contributed by atoms with Crippen molar-refractivity contribution in [2.75, 3.05) is 5.32 Å². The van der Waals surface area contributed by atoms with Crippen molar-refractivity contribution in [2.24, 2.45) is 0 Å². The van der Waals surface area contributed by atoms with Crippen molar-refractivity contribution in [3.05, 3.63) is 64.2 Å². The third kappa shape index (κ3) is 5.77. The molecule has 0 aliphatic carbocycles. The second-order valence-corrected chi connectivity index (χ2v) is 6.97. The standard InChI is InChI=1S/C19H23N3O4/c1-13(26-18(23)21-19(2,3)4)14-5-7-15(8-6-14)20-16-9-11-17(12-10-16)22(24)25/h5-13,20H,1-4H3,(H,21,23)/t13-/m0/s1. The van der Waals surface area contributed by atoms with Gasteiger partial charge in [-0.05, 0) is 57.5 Å². The zero-order chi connectivity index (χ0) is 19.3. The van der Waals surface area contributed by atoms with Crippen molar-refractivity contribution in [2.45, 2.75) is 39.3 Å². The molecule has 2 aromatic rings. The molecule has 1 atom stereocenters. The fraction of sp³-hybridized carbons (Fsp3) is 0.316. The van der Waals surface area contributed by atoms with Gasteiger partial charge < -0.3 is 15.4 Å². The van der Waals surface area contributed by atoms with E-state index in [9.17, 15) is 14.9 Å². The maximum absolute atomic E-state index is 11.8. The normalized spacial score (nSPS) is 12.2. The van der Waals surface area contributed by atoms with Gasteiger partial charge in [-0.3, -0.25) is 10.1 Å². The Morgan fingerprint density at radius 1 is 1.04 bits per heavy atom. The monoisotopic (exact) mass is 357 g/mol. The molecule has 26 heavy (non-hydrogen) atoms. The van der Waals surface area contributed by atoms with Crippen molar-refractivity contribution in [1.29, 1.82) is 0 Å². The molecule has 0 unspecified atom stereocenters. The number of nitrogens with one attached hydrogen (secondary N) is 2. The first-order chi connectivity index (χ1) is 12.1. The van der Waals surface area contributed by atoms with E-state index in [2.05, 4.69) is 10.6 Å². The van der Waals surface area contributed by atoms with Crippen LogP contribution in [0, 0.1) is 10.1 Å². The van der Waals surface area contributed by atoms with Gasteiger partial charge >= 0.3 is 6.09 Å². The maximum Gasteiger partial charge on any atom is 0.408 e. The number of anilines is 2. The molecule has 0 saturated carbocycles. The predicted octanol–water partition coefficient (Wildman–Crippen LogP) is 4.92. The molecule has 0 aliphatic heterocycles. The predicted molar refractivity (Wildman–Crippen MR) is 101 cm³/mol. The molecule has 0 saturated heterocycles. The van der Waals surface area contributed by atoms with Crippen LogP contribution in [-0.4, -0.2) is 16.6 Å². The average Bonchev–Trinajstić information content (AvgIpc) is 2.54. The first-order valence-electron chi connectivity index (χ1n) is 8.24. The highest BCUT2D eigenvalue weighted by Crippen LogP contribution is 2.23. The molecule has 2 aromatic carbocycles. The molecule has 0 radical (unpaired) electrons. The summed E-state index contributed by atoms with van der Waals surface area (Å²) in [4.78, 5) is 22.1. The van der Waals surface area contributed by atoms with Crippen LogP contribution in [-0.2, 0) is 4.74 Å². The van der Waals surface area contributed by atoms with E-state index in [0.29, 0.717) is 0 Å². The Bertz CT molecular complexity index is 765. The lowest BCUT2D eigenvalue weighted by Gasteiger charge is -2.22. The van der Waals surface area contributed by atoms with E-state index >= 15 is 0 Å². The van der Waals surface area contributed by atoms with E-state index in [0.717, 1.165) is 16.9 Å². The Hall–Kier alpha value is -3.09. The van der Waals surface area contributed by atoms with Crippen molar-refractivity contribution >= 4 is 23.2 Å². The maximum atomic E-state index is 11.8. The molecular weight excluding hydrogens is 334 g/mol. The van der Waals surface area contributed by atoms with Gasteiger partial charge in [0.05, 0.1) is 4.92 Å². The summed E-state index contributed by atoms with van der Waals surface area (Å²) in [7, 11) is 0. The minimum Gasteiger partial charge on any atom is -0.442 e. The van der Waals surface area contributed by atoms with E-state index in [-0.39, 0.29) is 17.3 Å². The quantitative estimate of drug-likeness (QED) is 0.585. The molecule has 2 N–H and O–H groups in total. The third-order valence-corrected chi connectivity index (χ3v) is 3.51. The van der Waals surface area contributed by atoms with Crippen LogP contribution in [0.4, 0.5) is 21.9 Å². The molecule has 138 valence electrons. The summed E-state index contributed by atoms with van der Waals surface area (Å²) < 4.78 is 5.37. The Morgan fingerprint density at radius 2 is 1.54 bits per heavy atom. The number of ether oxygens (including phenoxy) is 1. The number of amides is 1. The molecular formula is C19H23N3O4. The number of nitro groups is 1. The molecule has 0 fully saturated rings. The molecule has 0 aliphatic rings. The van der Waals surface area contributed by atoms with Gasteiger partial charge in [-0.1, -0.05) is 12.1 Å². The minimum absolute atomic E-state index is 0.0467. The molecule has 0 bridgehead atoms. The fourth-order valence-electron chi connectivity index (χ4n) is 2.23. The summed E-state index contributed by atoms with van der Waals surface area (Å²) in [6.07, 6.45) is -0.844. The summed E-state index contributed by atoms with van der Waals surface area (Å²) in [6, 6.07) is 13.6. The third-order valence-electron chi connectivity index (χ3n) is 3.51. The van der Waals surface area contributed by atoms with Gasteiger partial charge in [0.15, 0.2) is 0 Å². The molecule has 0 spiro atoms. The van der Waals surface area contributed by atoms with Gasteiger partial charge in [0.25, 0.3) is 5.69 Å². The van der Waals surface area contributed by atoms with Crippen LogP contribution in [0.3, 0.4) is 0 Å². The van der Waals surface area contributed by atoms with Crippen LogP contribution in [0.5, 0.6) is 0 Å². The molecule has 7 nitrogen and oxygen atoms in total. The average molecular weight is 357 g/mol. The summed E-state index contributed by atoms with van der Waals surface area (Å²) in [6.45, 7) is 7.47. The van der Waals surface area contributed by atoms with Gasteiger partial charge in [0.2, 0.25) is 0 Å². The van der Waals surface area contributed by atoms with E-state index in [1.54, 1.807) is 19.1 Å². The van der Waals surface area contributed by atoms with Crippen molar-refractivity contribution in [3.8, 4) is 0 Å². The number of alkyl carbamates (subject to hydrolysis) is 1. The number of carbonyl (C=O) groups excluding carboxylic acids is 1. The molecule has 7 heteroatoms. The largest absolute Gasteiger partial charge is 0.442 e. The van der Waals surface area contributed by atoms with Crippen LogP contribution in [0.25, 0.3) is 0 Å². The zero-order valence-corrected chi connectivity index (χ0v) is 15.3. The summed E-state index contributed by atoms with van der Waals surface area (Å²) >= 11 is 0. The Kier molecular flexibility index (Phi) is 5.82. The topological polar surface area (TPSA) is 93.5 Å². The Balaban J connectivity index is 1.96. The highest BCUT2D eigenvalue weighted by Gasteiger charge is 2.17. The molecule has 0 heterocycles. The molecule has 2 rings (SSSR count). The number of non-ortho nitro benzene ring substituents is 1. The van der Waals surface area contributed by atoms with E-state index in [4.69, 9.17) is 4.74 Å². The lowest BCUT2D eigenvalue weighted by molar-refractivity contribution is -0.384. The van der Waals surface area contributed by atoms with Gasteiger partial charge in [-0.15, -0.1) is 0 Å². The number of nitro benzene ring substituents is 1. The second kappa shape index (κ2) is 7.86. The van der Waals surface area contributed by atoms with Crippen LogP contribution in [0.15, 0.2) is 48.5 Å². The highest BCUT2D eigenvalue weighted by molar-refractivity contribution is 5.68.